The first kappa shape index (κ1) is 10.5. The highest BCUT2D eigenvalue weighted by molar-refractivity contribution is 5.75. The molecule has 0 aromatic heterocycles. The number of amides is 1. The van der Waals surface area contributed by atoms with Crippen molar-refractivity contribution in [2.45, 2.75) is 13.0 Å². The molecule has 2 atom stereocenters. The van der Waals surface area contributed by atoms with Crippen molar-refractivity contribution in [2.24, 2.45) is 11.5 Å². The fourth-order valence-corrected chi connectivity index (χ4v) is 0.875. The summed E-state index contributed by atoms with van der Waals surface area (Å²) < 4.78 is 0. The zero-order valence-corrected chi connectivity index (χ0v) is 7.51. The predicted molar refractivity (Wildman–Crippen MR) is 46.4 cm³/mol. The SMILES string of the molecule is CC(N)C(=O)[N+]1([O-])C=C(N)C(O)=CO1. The first-order valence-electron chi connectivity index (χ1n) is 3.83. The number of hydrogen-bond acceptors (Lipinski definition) is 6. The first-order valence-corrected chi connectivity index (χ1v) is 3.83. The van der Waals surface area contributed by atoms with Crippen molar-refractivity contribution in [2.75, 3.05) is 0 Å². The molecule has 2 unspecified atom stereocenters. The van der Waals surface area contributed by atoms with Crippen LogP contribution in [0.2, 0.25) is 0 Å². The van der Waals surface area contributed by atoms with Crippen LogP contribution < -0.4 is 11.5 Å². The molecule has 0 fully saturated rings. The van der Waals surface area contributed by atoms with Gasteiger partial charge in [0.15, 0.2) is 18.2 Å². The second-order valence-corrected chi connectivity index (χ2v) is 2.92. The molecule has 1 amide bonds. The average Bonchev–Trinajstić information content (AvgIpc) is 2.11. The van der Waals surface area contributed by atoms with Gasteiger partial charge < -0.3 is 26.6 Å². The van der Waals surface area contributed by atoms with E-state index in [1.807, 2.05) is 0 Å². The maximum Gasteiger partial charge on any atom is 0.376 e. The van der Waals surface area contributed by atoms with Gasteiger partial charge in [-0.05, 0) is 6.92 Å². The number of nitrogens with two attached hydrogens (primary N) is 2. The van der Waals surface area contributed by atoms with E-state index in [9.17, 15) is 10.0 Å². The second kappa shape index (κ2) is 3.29. The summed E-state index contributed by atoms with van der Waals surface area (Å²) >= 11 is 0. The van der Waals surface area contributed by atoms with Gasteiger partial charge in [0, 0.05) is 0 Å². The quantitative estimate of drug-likeness (QED) is 0.381. The Morgan fingerprint density at radius 3 is 2.79 bits per heavy atom. The predicted octanol–water partition coefficient (Wildman–Crippen LogP) is -0.680. The Kier molecular flexibility index (Phi) is 2.47. The first-order chi connectivity index (χ1) is 6.37. The lowest BCUT2D eigenvalue weighted by Crippen LogP contribution is -2.51. The molecule has 0 saturated carbocycles. The fraction of sp³-hybridized carbons (Fsp3) is 0.286. The van der Waals surface area contributed by atoms with E-state index in [-0.39, 0.29) is 5.70 Å². The van der Waals surface area contributed by atoms with Gasteiger partial charge in [0.2, 0.25) is 0 Å². The molecular weight excluding hydrogens is 190 g/mol. The van der Waals surface area contributed by atoms with Crippen LogP contribution in [0.25, 0.3) is 0 Å². The Morgan fingerprint density at radius 1 is 1.79 bits per heavy atom. The van der Waals surface area contributed by atoms with Gasteiger partial charge in [-0.15, -0.1) is 0 Å². The van der Waals surface area contributed by atoms with Gasteiger partial charge in [-0.3, -0.25) is 0 Å². The maximum atomic E-state index is 11.6. The van der Waals surface area contributed by atoms with Crippen molar-refractivity contribution in [3.8, 4) is 0 Å². The molecule has 0 spiro atoms. The van der Waals surface area contributed by atoms with Crippen LogP contribution in [-0.4, -0.2) is 21.9 Å². The van der Waals surface area contributed by atoms with E-state index < -0.39 is 22.5 Å². The van der Waals surface area contributed by atoms with E-state index in [1.54, 1.807) is 0 Å². The normalized spacial score (nSPS) is 28.5. The van der Waals surface area contributed by atoms with Crippen LogP contribution in [0.4, 0.5) is 0 Å². The molecule has 5 N–H and O–H groups in total. The number of rotatable bonds is 1. The molecule has 0 aromatic rings. The van der Waals surface area contributed by atoms with E-state index in [2.05, 4.69) is 4.84 Å². The van der Waals surface area contributed by atoms with E-state index >= 15 is 0 Å². The van der Waals surface area contributed by atoms with Crippen LogP contribution in [-0.2, 0) is 9.63 Å². The zero-order chi connectivity index (χ0) is 10.9. The molecule has 0 bridgehead atoms. The molecule has 14 heavy (non-hydrogen) atoms. The number of carbonyl (C=O) groups is 1. The van der Waals surface area contributed by atoms with E-state index in [1.165, 1.54) is 6.92 Å². The van der Waals surface area contributed by atoms with E-state index in [0.29, 0.717) is 6.26 Å². The molecule has 1 aliphatic heterocycles. The third kappa shape index (κ3) is 1.69. The summed E-state index contributed by atoms with van der Waals surface area (Å²) in [5, 5.41) is 20.6. The zero-order valence-electron chi connectivity index (χ0n) is 7.51. The summed E-state index contributed by atoms with van der Waals surface area (Å²) in [4.78, 5) is 14.0. The number of aliphatic hydroxyl groups is 1. The Hall–Kier alpha value is -1.57. The van der Waals surface area contributed by atoms with Gasteiger partial charge in [0.05, 0.1) is 0 Å². The maximum absolute atomic E-state index is 11.6. The van der Waals surface area contributed by atoms with Crippen LogP contribution in [0.15, 0.2) is 23.9 Å². The lowest BCUT2D eigenvalue weighted by Gasteiger charge is -2.34. The number of carbonyl (C=O) groups excluding carboxylic acids is 1. The van der Waals surface area contributed by atoms with Gasteiger partial charge in [0.25, 0.3) is 0 Å². The molecule has 7 heteroatoms. The molecule has 1 heterocycles. The van der Waals surface area contributed by atoms with Crippen LogP contribution in [0, 0.1) is 5.21 Å². The van der Waals surface area contributed by atoms with Crippen molar-refractivity contribution in [3.05, 3.63) is 29.1 Å². The summed E-state index contributed by atoms with van der Waals surface area (Å²) in [6, 6.07) is -0.981. The van der Waals surface area contributed by atoms with Crippen LogP contribution in [0.3, 0.4) is 0 Å². The molecule has 7 nitrogen and oxygen atoms in total. The number of hydrogen-bond donors (Lipinski definition) is 3. The van der Waals surface area contributed by atoms with Crippen molar-refractivity contribution in [3.63, 3.8) is 0 Å². The number of hydroxylamine groups is 4. The summed E-state index contributed by atoms with van der Waals surface area (Å²) in [6.07, 6.45) is 1.45. The molecule has 0 saturated heterocycles. The number of aliphatic hydroxyl groups excluding tert-OH is 1. The van der Waals surface area contributed by atoms with Gasteiger partial charge in [-0.2, -0.15) is 0 Å². The van der Waals surface area contributed by atoms with Gasteiger partial charge in [-0.25, -0.2) is 4.79 Å². The molecule has 0 aliphatic carbocycles. The van der Waals surface area contributed by atoms with Crippen LogP contribution in [0.1, 0.15) is 6.92 Å². The minimum Gasteiger partial charge on any atom is -0.577 e. The molecule has 78 valence electrons. The third-order valence-corrected chi connectivity index (χ3v) is 1.62. The standard InChI is InChI=1S/C7H11N3O4/c1-4(8)7(12)10(13)2-5(9)6(11)3-14-10/h2-4,11H,8-9H2,1H3. The topological polar surface area (TPSA) is 122 Å². The summed E-state index contributed by atoms with van der Waals surface area (Å²) in [5.74, 6) is -1.30. The molecule has 1 aliphatic rings. The Labute approximate surface area is 80.0 Å². The van der Waals surface area contributed by atoms with Crippen molar-refractivity contribution < 1.29 is 19.5 Å². The number of nitrogens with zero attached hydrogens (tertiary/aromatic N) is 1. The fourth-order valence-electron chi connectivity index (χ4n) is 0.875. The van der Waals surface area contributed by atoms with Gasteiger partial charge >= 0.3 is 5.91 Å². The number of quaternary nitrogens is 1. The summed E-state index contributed by atoms with van der Waals surface area (Å²) in [7, 11) is 0. The highest BCUT2D eigenvalue weighted by atomic mass is 16.9. The largest absolute Gasteiger partial charge is 0.577 e. The van der Waals surface area contributed by atoms with E-state index in [0.717, 1.165) is 6.20 Å². The van der Waals surface area contributed by atoms with Gasteiger partial charge in [0.1, 0.15) is 11.7 Å². The van der Waals surface area contributed by atoms with Crippen molar-refractivity contribution >= 4 is 5.91 Å². The highest BCUT2D eigenvalue weighted by Crippen LogP contribution is 2.19. The Bertz CT molecular complexity index is 323. The lowest BCUT2D eigenvalue weighted by molar-refractivity contribution is -0.952. The smallest absolute Gasteiger partial charge is 0.376 e. The molecule has 0 radical (unpaired) electrons. The van der Waals surface area contributed by atoms with Crippen molar-refractivity contribution in [1.29, 1.82) is 0 Å². The monoisotopic (exact) mass is 201 g/mol. The Balaban J connectivity index is 2.96. The third-order valence-electron chi connectivity index (χ3n) is 1.62. The lowest BCUT2D eigenvalue weighted by atomic mass is 10.3. The highest BCUT2D eigenvalue weighted by Gasteiger charge is 2.35. The average molecular weight is 201 g/mol. The summed E-state index contributed by atoms with van der Waals surface area (Å²) in [6.45, 7) is 1.35. The van der Waals surface area contributed by atoms with Crippen molar-refractivity contribution in [1.82, 2.24) is 0 Å². The second-order valence-electron chi connectivity index (χ2n) is 2.92. The van der Waals surface area contributed by atoms with Crippen LogP contribution in [0.5, 0.6) is 0 Å². The summed E-state index contributed by atoms with van der Waals surface area (Å²) in [5.41, 5.74) is 10.3. The van der Waals surface area contributed by atoms with Gasteiger partial charge in [-0.1, -0.05) is 4.81 Å². The molecule has 0 aromatic carbocycles. The molecule has 1 rings (SSSR count). The minimum atomic E-state index is -1.74. The van der Waals surface area contributed by atoms with E-state index in [4.69, 9.17) is 16.6 Å². The minimum absolute atomic E-state index is 0.222. The Morgan fingerprint density at radius 2 is 2.36 bits per heavy atom. The molecular formula is C7H11N3O4. The van der Waals surface area contributed by atoms with Crippen LogP contribution >= 0.6 is 0 Å².